The van der Waals surface area contributed by atoms with Crippen molar-refractivity contribution in [1.82, 2.24) is 9.13 Å². The number of aliphatic hydroxyl groups excluding tert-OH is 3. The van der Waals surface area contributed by atoms with E-state index in [1.807, 2.05) is 31.2 Å². The van der Waals surface area contributed by atoms with Crippen LogP contribution in [0.2, 0.25) is 0 Å². The average Bonchev–Trinajstić information content (AvgIpc) is 2.91. The topological polar surface area (TPSA) is 114 Å². The summed E-state index contributed by atoms with van der Waals surface area (Å²) >= 11 is 0. The van der Waals surface area contributed by atoms with Gasteiger partial charge >= 0.3 is 5.69 Å². The first-order chi connectivity index (χ1) is 12.4. The van der Waals surface area contributed by atoms with E-state index in [1.54, 1.807) is 0 Å². The molecule has 3 rings (SSSR count). The lowest BCUT2D eigenvalue weighted by molar-refractivity contribution is -0.0556. The van der Waals surface area contributed by atoms with Crippen LogP contribution in [0.5, 0.6) is 0 Å². The van der Waals surface area contributed by atoms with Gasteiger partial charge in [0.15, 0.2) is 6.23 Å². The fraction of sp³-hybridized carbons (Fsp3) is 0.444. The third-order valence-electron chi connectivity index (χ3n) is 4.63. The van der Waals surface area contributed by atoms with Crippen molar-refractivity contribution in [3.63, 3.8) is 0 Å². The highest BCUT2D eigenvalue weighted by molar-refractivity contribution is 5.21. The molecule has 1 saturated heterocycles. The van der Waals surface area contributed by atoms with E-state index in [4.69, 9.17) is 4.74 Å². The maximum absolute atomic E-state index is 12.7. The standard InChI is InChI=1S/C18H22N2O6/c1-11-2-4-12(5-3-11)6-8-19-14(22)7-9-20(18(19)25)17-16(24)15(23)13(10-21)26-17/h2-5,7,9,13,15-17,21,23-24H,6,8,10H2,1H3/t13-,15?,16+,17-/m1/s1. The number of benzene rings is 1. The lowest BCUT2D eigenvalue weighted by atomic mass is 10.1. The zero-order chi connectivity index (χ0) is 18.8. The molecule has 0 saturated carbocycles. The molecule has 0 spiro atoms. The van der Waals surface area contributed by atoms with Gasteiger partial charge in [0, 0.05) is 18.8 Å². The van der Waals surface area contributed by atoms with Crippen LogP contribution in [0.25, 0.3) is 0 Å². The Morgan fingerprint density at radius 3 is 2.38 bits per heavy atom. The molecule has 0 radical (unpaired) electrons. The van der Waals surface area contributed by atoms with Crippen molar-refractivity contribution in [2.45, 2.75) is 44.4 Å². The summed E-state index contributed by atoms with van der Waals surface area (Å²) in [7, 11) is 0. The molecule has 1 aliphatic heterocycles. The van der Waals surface area contributed by atoms with Gasteiger partial charge in [0.2, 0.25) is 0 Å². The summed E-state index contributed by atoms with van der Waals surface area (Å²) in [5.74, 6) is 0. The molecule has 140 valence electrons. The van der Waals surface area contributed by atoms with Gasteiger partial charge in [-0.3, -0.25) is 13.9 Å². The third-order valence-corrected chi connectivity index (χ3v) is 4.63. The van der Waals surface area contributed by atoms with Crippen molar-refractivity contribution in [1.29, 1.82) is 0 Å². The lowest BCUT2D eigenvalue weighted by Crippen LogP contribution is -2.43. The monoisotopic (exact) mass is 362 g/mol. The first-order valence-electron chi connectivity index (χ1n) is 8.42. The van der Waals surface area contributed by atoms with E-state index in [1.165, 1.54) is 12.3 Å². The number of aryl methyl sites for hydroxylation is 2. The Hall–Kier alpha value is -2.26. The normalized spacial score (nSPS) is 25.5. The van der Waals surface area contributed by atoms with Crippen LogP contribution in [0.15, 0.2) is 46.1 Å². The number of hydrogen-bond acceptors (Lipinski definition) is 6. The van der Waals surface area contributed by atoms with Crippen molar-refractivity contribution in [2.75, 3.05) is 6.61 Å². The van der Waals surface area contributed by atoms with E-state index < -0.39 is 42.4 Å². The van der Waals surface area contributed by atoms with Crippen LogP contribution in [-0.4, -0.2) is 49.4 Å². The second kappa shape index (κ2) is 7.55. The van der Waals surface area contributed by atoms with Gasteiger partial charge in [0.1, 0.15) is 18.3 Å². The van der Waals surface area contributed by atoms with Gasteiger partial charge in [-0.05, 0) is 18.9 Å². The molecule has 0 amide bonds. The third kappa shape index (κ3) is 3.49. The van der Waals surface area contributed by atoms with Gasteiger partial charge in [-0.2, -0.15) is 0 Å². The van der Waals surface area contributed by atoms with E-state index >= 15 is 0 Å². The predicted octanol–water partition coefficient (Wildman–Crippen LogP) is -0.827. The molecule has 26 heavy (non-hydrogen) atoms. The maximum Gasteiger partial charge on any atom is 0.333 e. The first-order valence-corrected chi connectivity index (χ1v) is 8.42. The van der Waals surface area contributed by atoms with Gasteiger partial charge < -0.3 is 20.1 Å². The Bertz CT molecular complexity index is 872. The first kappa shape index (κ1) is 18.5. The molecule has 2 aromatic rings. The lowest BCUT2D eigenvalue weighted by Gasteiger charge is -2.18. The van der Waals surface area contributed by atoms with Crippen LogP contribution in [0.3, 0.4) is 0 Å². The number of aromatic nitrogens is 2. The van der Waals surface area contributed by atoms with Crippen molar-refractivity contribution in [3.05, 3.63) is 68.5 Å². The summed E-state index contributed by atoms with van der Waals surface area (Å²) in [5.41, 5.74) is 1.02. The van der Waals surface area contributed by atoms with Crippen LogP contribution < -0.4 is 11.2 Å². The molecule has 8 heteroatoms. The van der Waals surface area contributed by atoms with E-state index in [2.05, 4.69) is 0 Å². The number of aliphatic hydroxyl groups is 3. The van der Waals surface area contributed by atoms with Crippen LogP contribution in [0.1, 0.15) is 17.4 Å². The predicted molar refractivity (Wildman–Crippen MR) is 92.9 cm³/mol. The summed E-state index contributed by atoms with van der Waals surface area (Å²) in [6, 6.07) is 9.01. The molecule has 8 nitrogen and oxygen atoms in total. The minimum absolute atomic E-state index is 0.177. The Balaban J connectivity index is 1.86. The van der Waals surface area contributed by atoms with Gasteiger partial charge in [-0.15, -0.1) is 0 Å². The second-order valence-electron chi connectivity index (χ2n) is 6.46. The summed E-state index contributed by atoms with van der Waals surface area (Å²) in [6.07, 6.45) is -3.13. The smallest absolute Gasteiger partial charge is 0.333 e. The fourth-order valence-corrected chi connectivity index (χ4v) is 3.04. The minimum atomic E-state index is -1.38. The molecule has 1 fully saturated rings. The Kier molecular flexibility index (Phi) is 5.38. The molecule has 1 aromatic carbocycles. The van der Waals surface area contributed by atoms with Gasteiger partial charge in [0.25, 0.3) is 5.56 Å². The van der Waals surface area contributed by atoms with Crippen molar-refractivity contribution < 1.29 is 20.1 Å². The van der Waals surface area contributed by atoms with Crippen LogP contribution in [0.4, 0.5) is 0 Å². The van der Waals surface area contributed by atoms with Gasteiger partial charge in [0.05, 0.1) is 6.61 Å². The summed E-state index contributed by atoms with van der Waals surface area (Å²) in [4.78, 5) is 24.8. The van der Waals surface area contributed by atoms with Crippen LogP contribution >= 0.6 is 0 Å². The van der Waals surface area contributed by atoms with Crippen molar-refractivity contribution in [3.8, 4) is 0 Å². The minimum Gasteiger partial charge on any atom is -0.394 e. The molecule has 0 bridgehead atoms. The van der Waals surface area contributed by atoms with Crippen LogP contribution in [-0.2, 0) is 17.7 Å². The number of hydrogen-bond donors (Lipinski definition) is 3. The number of ether oxygens (including phenoxy) is 1. The van der Waals surface area contributed by atoms with Crippen molar-refractivity contribution in [2.24, 2.45) is 0 Å². The SMILES string of the molecule is Cc1ccc(CCn2c(=O)ccn([C@@H]3O[C@H](CO)C(O)[C@@H]3O)c2=O)cc1. The number of rotatable bonds is 5. The number of nitrogens with zero attached hydrogens (tertiary/aromatic N) is 2. The van der Waals surface area contributed by atoms with Crippen molar-refractivity contribution >= 4 is 0 Å². The summed E-state index contributed by atoms with van der Waals surface area (Å²) < 4.78 is 7.50. The largest absolute Gasteiger partial charge is 0.394 e. The Morgan fingerprint density at radius 2 is 1.77 bits per heavy atom. The highest BCUT2D eigenvalue weighted by Crippen LogP contribution is 2.27. The van der Waals surface area contributed by atoms with Gasteiger partial charge in [-0.25, -0.2) is 4.79 Å². The van der Waals surface area contributed by atoms with E-state index in [0.717, 1.165) is 20.3 Å². The van der Waals surface area contributed by atoms with Gasteiger partial charge in [-0.1, -0.05) is 29.8 Å². The molecular formula is C18H22N2O6. The highest BCUT2D eigenvalue weighted by atomic mass is 16.6. The van der Waals surface area contributed by atoms with E-state index in [-0.39, 0.29) is 6.54 Å². The van der Waals surface area contributed by atoms with E-state index in [9.17, 15) is 24.9 Å². The Labute approximate surface area is 149 Å². The molecular weight excluding hydrogens is 340 g/mol. The zero-order valence-corrected chi connectivity index (χ0v) is 14.4. The second-order valence-corrected chi connectivity index (χ2v) is 6.46. The summed E-state index contributed by atoms with van der Waals surface area (Å²) in [5, 5.41) is 29.1. The fourth-order valence-electron chi connectivity index (χ4n) is 3.04. The molecule has 4 atom stereocenters. The quantitative estimate of drug-likeness (QED) is 0.640. The molecule has 0 aliphatic carbocycles. The molecule has 1 aliphatic rings. The molecule has 3 N–H and O–H groups in total. The van der Waals surface area contributed by atoms with E-state index in [0.29, 0.717) is 6.42 Å². The molecule has 1 unspecified atom stereocenters. The highest BCUT2D eigenvalue weighted by Gasteiger charge is 2.43. The maximum atomic E-state index is 12.7. The summed E-state index contributed by atoms with van der Waals surface area (Å²) in [6.45, 7) is 1.66. The zero-order valence-electron chi connectivity index (χ0n) is 14.4. The Morgan fingerprint density at radius 1 is 1.08 bits per heavy atom. The average molecular weight is 362 g/mol. The molecule has 1 aromatic heterocycles. The molecule has 2 heterocycles. The van der Waals surface area contributed by atoms with Crippen LogP contribution in [0, 0.1) is 6.92 Å².